The van der Waals surface area contributed by atoms with Crippen molar-refractivity contribution in [2.45, 2.75) is 38.0 Å². The van der Waals surface area contributed by atoms with E-state index < -0.39 is 12.1 Å². The molecule has 6 heteroatoms. The summed E-state index contributed by atoms with van der Waals surface area (Å²) in [4.78, 5) is 26.7. The molecule has 0 aliphatic carbocycles. The minimum atomic E-state index is -0.686. The van der Waals surface area contributed by atoms with Gasteiger partial charge in [-0.25, -0.2) is 0 Å². The lowest BCUT2D eigenvalue weighted by Gasteiger charge is -2.36. The van der Waals surface area contributed by atoms with Crippen LogP contribution in [0.3, 0.4) is 0 Å². The van der Waals surface area contributed by atoms with E-state index in [-0.39, 0.29) is 17.9 Å². The Morgan fingerprint density at radius 3 is 2.82 bits per heavy atom. The van der Waals surface area contributed by atoms with Crippen LogP contribution in [0.1, 0.15) is 31.4 Å². The summed E-state index contributed by atoms with van der Waals surface area (Å²) in [6.45, 7) is 2.88. The lowest BCUT2D eigenvalue weighted by molar-refractivity contribution is -0.151. The molecule has 22 heavy (non-hydrogen) atoms. The molecule has 1 aromatic carbocycles. The molecule has 3 rings (SSSR count). The normalized spacial score (nSPS) is 28.5. The van der Waals surface area contributed by atoms with E-state index in [4.69, 9.17) is 16.3 Å². The molecule has 1 N–H and O–H groups in total. The summed E-state index contributed by atoms with van der Waals surface area (Å²) < 4.78 is 5.67. The van der Waals surface area contributed by atoms with Crippen LogP contribution in [-0.2, 0) is 14.3 Å². The highest BCUT2D eigenvalue weighted by Crippen LogP contribution is 2.31. The second-order valence-corrected chi connectivity index (χ2v) is 6.17. The van der Waals surface area contributed by atoms with Crippen molar-refractivity contribution in [2.75, 3.05) is 13.1 Å². The Morgan fingerprint density at radius 1 is 1.36 bits per heavy atom. The van der Waals surface area contributed by atoms with Crippen LogP contribution in [0.15, 0.2) is 24.3 Å². The number of carbonyl (C=O) groups is 2. The lowest BCUT2D eigenvalue weighted by Crippen LogP contribution is -2.54. The summed E-state index contributed by atoms with van der Waals surface area (Å²) in [5.74, 6) is -0.317. The van der Waals surface area contributed by atoms with Crippen molar-refractivity contribution < 1.29 is 14.3 Å². The maximum Gasteiger partial charge on any atom is 0.252 e. The first kappa shape index (κ1) is 15.3. The first-order chi connectivity index (χ1) is 10.6. The molecular weight excluding hydrogens is 304 g/mol. The van der Waals surface area contributed by atoms with E-state index in [9.17, 15) is 9.59 Å². The highest BCUT2D eigenvalue weighted by atomic mass is 35.5. The van der Waals surface area contributed by atoms with E-state index in [1.165, 1.54) is 0 Å². The van der Waals surface area contributed by atoms with E-state index in [2.05, 4.69) is 5.32 Å². The summed E-state index contributed by atoms with van der Waals surface area (Å²) in [5.41, 5.74) is 0.653. The van der Waals surface area contributed by atoms with Crippen LogP contribution >= 0.6 is 11.6 Å². The molecule has 2 aliphatic heterocycles. The number of benzene rings is 1. The first-order valence-corrected chi connectivity index (χ1v) is 7.94. The van der Waals surface area contributed by atoms with Crippen LogP contribution in [0.4, 0.5) is 0 Å². The summed E-state index contributed by atoms with van der Waals surface area (Å²) in [5, 5.41) is 3.30. The molecule has 118 valence electrons. The minimum absolute atomic E-state index is 0.0892. The number of halogens is 1. The Kier molecular flexibility index (Phi) is 4.36. The highest BCUT2D eigenvalue weighted by molar-refractivity contribution is 6.31. The predicted octanol–water partition coefficient (Wildman–Crippen LogP) is 1.91. The third-order valence-corrected chi connectivity index (χ3v) is 4.55. The van der Waals surface area contributed by atoms with Crippen molar-refractivity contribution in [1.82, 2.24) is 10.2 Å². The number of rotatable bonds is 2. The van der Waals surface area contributed by atoms with Gasteiger partial charge in [-0.05, 0) is 25.8 Å². The molecule has 0 bridgehead atoms. The fourth-order valence-electron chi connectivity index (χ4n) is 3.08. The highest BCUT2D eigenvalue weighted by Gasteiger charge is 2.40. The summed E-state index contributed by atoms with van der Waals surface area (Å²) in [6, 6.07) is 6.46. The van der Waals surface area contributed by atoms with Gasteiger partial charge in [-0.1, -0.05) is 29.8 Å². The zero-order valence-electron chi connectivity index (χ0n) is 12.4. The van der Waals surface area contributed by atoms with Gasteiger partial charge in [-0.3, -0.25) is 9.59 Å². The lowest BCUT2D eigenvalue weighted by atomic mass is 10.0. The molecular formula is C16H19ClN2O3. The van der Waals surface area contributed by atoms with E-state index in [0.29, 0.717) is 30.1 Å². The Morgan fingerprint density at radius 2 is 2.14 bits per heavy atom. The average Bonchev–Trinajstić information content (AvgIpc) is 2.94. The molecule has 0 aromatic heterocycles. The Labute approximate surface area is 134 Å². The quantitative estimate of drug-likeness (QED) is 0.905. The van der Waals surface area contributed by atoms with Gasteiger partial charge < -0.3 is 15.0 Å². The van der Waals surface area contributed by atoms with Crippen LogP contribution < -0.4 is 5.32 Å². The molecule has 3 atom stereocenters. The molecule has 2 fully saturated rings. The van der Waals surface area contributed by atoms with Crippen molar-refractivity contribution in [2.24, 2.45) is 0 Å². The molecule has 0 spiro atoms. The Balaban J connectivity index is 1.89. The smallest absolute Gasteiger partial charge is 0.252 e. The van der Waals surface area contributed by atoms with Crippen molar-refractivity contribution in [1.29, 1.82) is 0 Å². The van der Waals surface area contributed by atoms with Gasteiger partial charge in [0.15, 0.2) is 0 Å². The molecule has 2 heterocycles. The first-order valence-electron chi connectivity index (χ1n) is 7.56. The number of piperazine rings is 1. The topological polar surface area (TPSA) is 58.6 Å². The van der Waals surface area contributed by atoms with Gasteiger partial charge in [0.1, 0.15) is 12.1 Å². The van der Waals surface area contributed by atoms with E-state index in [1.54, 1.807) is 23.1 Å². The predicted molar refractivity (Wildman–Crippen MR) is 82.5 cm³/mol. The SMILES string of the molecule is CC1CCC(C(=O)N2CCNC(=O)C2c2ccccc2Cl)O1. The second-order valence-electron chi connectivity index (χ2n) is 5.76. The van der Waals surface area contributed by atoms with Gasteiger partial charge in [0.25, 0.3) is 5.91 Å². The van der Waals surface area contributed by atoms with Crippen molar-refractivity contribution in [3.05, 3.63) is 34.9 Å². The standard InChI is InChI=1S/C16H19ClN2O3/c1-10-6-7-13(22-10)16(21)19-9-8-18-15(20)14(19)11-4-2-3-5-12(11)17/h2-5,10,13-14H,6-9H2,1H3,(H,18,20). The molecule has 5 nitrogen and oxygen atoms in total. The van der Waals surface area contributed by atoms with Crippen LogP contribution in [0.2, 0.25) is 5.02 Å². The number of nitrogens with zero attached hydrogens (tertiary/aromatic N) is 1. The van der Waals surface area contributed by atoms with Crippen LogP contribution in [0.5, 0.6) is 0 Å². The van der Waals surface area contributed by atoms with Crippen molar-refractivity contribution in [3.8, 4) is 0 Å². The van der Waals surface area contributed by atoms with Gasteiger partial charge in [0.05, 0.1) is 6.10 Å². The van der Waals surface area contributed by atoms with Gasteiger partial charge in [-0.15, -0.1) is 0 Å². The molecule has 1 aromatic rings. The summed E-state index contributed by atoms with van der Waals surface area (Å²) in [6.07, 6.45) is 1.21. The number of nitrogens with one attached hydrogen (secondary N) is 1. The average molecular weight is 323 g/mol. The number of amides is 2. The van der Waals surface area contributed by atoms with Gasteiger partial charge in [-0.2, -0.15) is 0 Å². The molecule has 2 aliphatic rings. The van der Waals surface area contributed by atoms with Crippen molar-refractivity contribution >= 4 is 23.4 Å². The minimum Gasteiger partial charge on any atom is -0.365 e. The summed E-state index contributed by atoms with van der Waals surface area (Å²) >= 11 is 6.23. The van der Waals surface area contributed by atoms with E-state index >= 15 is 0 Å². The Bertz CT molecular complexity index is 593. The number of hydrogen-bond acceptors (Lipinski definition) is 3. The molecule has 0 saturated carbocycles. The third-order valence-electron chi connectivity index (χ3n) is 4.20. The van der Waals surface area contributed by atoms with E-state index in [0.717, 1.165) is 6.42 Å². The van der Waals surface area contributed by atoms with Gasteiger partial charge >= 0.3 is 0 Å². The third kappa shape index (κ3) is 2.83. The largest absolute Gasteiger partial charge is 0.365 e. The molecule has 2 saturated heterocycles. The van der Waals surface area contributed by atoms with E-state index in [1.807, 2.05) is 13.0 Å². The second kappa shape index (κ2) is 6.26. The number of carbonyl (C=O) groups excluding carboxylic acids is 2. The zero-order valence-corrected chi connectivity index (χ0v) is 13.2. The van der Waals surface area contributed by atoms with Crippen LogP contribution in [0, 0.1) is 0 Å². The monoisotopic (exact) mass is 322 g/mol. The Hall–Kier alpha value is -1.59. The van der Waals surface area contributed by atoms with Gasteiger partial charge in [0, 0.05) is 23.7 Å². The van der Waals surface area contributed by atoms with Crippen LogP contribution in [0.25, 0.3) is 0 Å². The molecule has 0 radical (unpaired) electrons. The fraction of sp³-hybridized carbons (Fsp3) is 0.500. The maximum atomic E-state index is 12.8. The van der Waals surface area contributed by atoms with Crippen LogP contribution in [-0.4, -0.2) is 42.0 Å². The zero-order chi connectivity index (χ0) is 15.7. The molecule has 2 amide bonds. The number of ether oxygens (including phenoxy) is 1. The fourth-order valence-corrected chi connectivity index (χ4v) is 3.32. The van der Waals surface area contributed by atoms with Crippen molar-refractivity contribution in [3.63, 3.8) is 0 Å². The molecule has 3 unspecified atom stereocenters. The maximum absolute atomic E-state index is 12.8. The number of hydrogen-bond donors (Lipinski definition) is 1. The summed E-state index contributed by atoms with van der Waals surface area (Å²) in [7, 11) is 0. The van der Waals surface area contributed by atoms with Gasteiger partial charge in [0.2, 0.25) is 5.91 Å².